The maximum absolute atomic E-state index is 5.39. The van der Waals surface area contributed by atoms with Crippen LogP contribution in [0.1, 0.15) is 13.3 Å². The first kappa shape index (κ1) is 8.05. The van der Waals surface area contributed by atoms with Crippen LogP contribution in [0.2, 0.25) is 0 Å². The zero-order valence-electron chi connectivity index (χ0n) is 7.05. The van der Waals surface area contributed by atoms with Crippen molar-refractivity contribution in [2.45, 2.75) is 13.3 Å². The van der Waals surface area contributed by atoms with E-state index in [9.17, 15) is 0 Å². The van der Waals surface area contributed by atoms with Crippen LogP contribution >= 0.6 is 0 Å². The van der Waals surface area contributed by atoms with E-state index in [1.165, 1.54) is 5.57 Å². The van der Waals surface area contributed by atoms with Gasteiger partial charge in [0, 0.05) is 13.5 Å². The van der Waals surface area contributed by atoms with Crippen molar-refractivity contribution in [3.8, 4) is 0 Å². The second-order valence-electron chi connectivity index (χ2n) is 2.47. The Morgan fingerprint density at radius 2 is 2.45 bits per heavy atom. The van der Waals surface area contributed by atoms with Gasteiger partial charge in [-0.1, -0.05) is 12.7 Å². The summed E-state index contributed by atoms with van der Waals surface area (Å²) in [4.78, 5) is 4.05. The van der Waals surface area contributed by atoms with E-state index in [1.54, 1.807) is 7.05 Å². The van der Waals surface area contributed by atoms with Crippen LogP contribution in [0, 0.1) is 0 Å². The Balaban J connectivity index is 2.91. The molecule has 0 saturated heterocycles. The van der Waals surface area contributed by atoms with Crippen LogP contribution in [0.15, 0.2) is 29.0 Å². The summed E-state index contributed by atoms with van der Waals surface area (Å²) in [6.07, 6.45) is 2.81. The average molecular weight is 151 g/mol. The molecule has 1 aliphatic rings. The van der Waals surface area contributed by atoms with E-state index in [1.807, 2.05) is 13.0 Å². The predicted octanol–water partition coefficient (Wildman–Crippen LogP) is 1.94. The van der Waals surface area contributed by atoms with Crippen LogP contribution in [-0.2, 0) is 4.74 Å². The highest BCUT2D eigenvalue weighted by atomic mass is 16.5. The number of nitrogens with zero attached hydrogens (tertiary/aromatic N) is 1. The number of aliphatic imine (C=N–C) groups is 1. The maximum atomic E-state index is 5.39. The van der Waals surface area contributed by atoms with E-state index in [2.05, 4.69) is 11.6 Å². The number of rotatable bonds is 2. The minimum Gasteiger partial charge on any atom is -0.491 e. The third-order valence-electron chi connectivity index (χ3n) is 1.82. The third kappa shape index (κ3) is 1.50. The molecule has 0 aromatic rings. The lowest BCUT2D eigenvalue weighted by Crippen LogP contribution is -1.98. The number of ether oxygens (including phenoxy) is 1. The molecule has 1 heterocycles. The highest BCUT2D eigenvalue weighted by molar-refractivity contribution is 5.97. The van der Waals surface area contributed by atoms with Gasteiger partial charge in [-0.3, -0.25) is 4.99 Å². The normalized spacial score (nSPS) is 18.5. The lowest BCUT2D eigenvalue weighted by atomic mass is 10.1. The number of hydrogen-bond acceptors (Lipinski definition) is 2. The van der Waals surface area contributed by atoms with Crippen molar-refractivity contribution in [1.82, 2.24) is 0 Å². The molecule has 1 rings (SSSR count). The van der Waals surface area contributed by atoms with Gasteiger partial charge in [-0.25, -0.2) is 0 Å². The topological polar surface area (TPSA) is 21.6 Å². The molecule has 60 valence electrons. The summed E-state index contributed by atoms with van der Waals surface area (Å²) >= 11 is 0. The predicted molar refractivity (Wildman–Crippen MR) is 46.8 cm³/mol. The zero-order valence-corrected chi connectivity index (χ0v) is 7.05. The molecule has 1 aliphatic heterocycles. The fourth-order valence-electron chi connectivity index (χ4n) is 1.10. The van der Waals surface area contributed by atoms with Crippen molar-refractivity contribution in [3.63, 3.8) is 0 Å². The molecule has 2 nitrogen and oxygen atoms in total. The summed E-state index contributed by atoms with van der Waals surface area (Å²) in [5.74, 6) is 0.919. The Morgan fingerprint density at radius 1 is 1.73 bits per heavy atom. The van der Waals surface area contributed by atoms with Crippen LogP contribution in [0.3, 0.4) is 0 Å². The van der Waals surface area contributed by atoms with Crippen molar-refractivity contribution in [3.05, 3.63) is 24.0 Å². The minimum atomic E-state index is 0.767. The summed E-state index contributed by atoms with van der Waals surface area (Å²) in [6, 6.07) is 0. The Morgan fingerprint density at radius 3 is 3.00 bits per heavy atom. The molecule has 0 bridgehead atoms. The maximum Gasteiger partial charge on any atom is 0.143 e. The molecule has 0 aromatic heterocycles. The van der Waals surface area contributed by atoms with Gasteiger partial charge in [0.05, 0.1) is 12.3 Å². The second kappa shape index (κ2) is 3.37. The fourth-order valence-corrected chi connectivity index (χ4v) is 1.10. The van der Waals surface area contributed by atoms with Gasteiger partial charge < -0.3 is 4.74 Å². The summed E-state index contributed by atoms with van der Waals surface area (Å²) in [6.45, 7) is 6.43. The molecule has 0 atom stereocenters. The Bertz CT molecular complexity index is 226. The smallest absolute Gasteiger partial charge is 0.143 e. The zero-order chi connectivity index (χ0) is 8.27. The van der Waals surface area contributed by atoms with E-state index in [0.29, 0.717) is 0 Å². The molecule has 0 spiro atoms. The molecular weight excluding hydrogens is 138 g/mol. The third-order valence-corrected chi connectivity index (χ3v) is 1.82. The molecule has 0 unspecified atom stereocenters. The number of hydrogen-bond donors (Lipinski definition) is 0. The Kier molecular flexibility index (Phi) is 2.47. The van der Waals surface area contributed by atoms with Crippen molar-refractivity contribution in [1.29, 1.82) is 0 Å². The van der Waals surface area contributed by atoms with Crippen LogP contribution < -0.4 is 0 Å². The lowest BCUT2D eigenvalue weighted by molar-refractivity contribution is 0.263. The average Bonchev–Trinajstić information content (AvgIpc) is 2.50. The highest BCUT2D eigenvalue weighted by Crippen LogP contribution is 2.20. The quantitative estimate of drug-likeness (QED) is 0.553. The molecule has 0 amide bonds. The van der Waals surface area contributed by atoms with Gasteiger partial charge in [-0.05, 0) is 12.5 Å². The van der Waals surface area contributed by atoms with Crippen LogP contribution in [0.4, 0.5) is 0 Å². The standard InChI is InChI=1S/C9H13NO/c1-4-8-5-6-11-9(8)7(2)10-3/h4H,1,5-6H2,2-3H3. The van der Waals surface area contributed by atoms with E-state index in [-0.39, 0.29) is 0 Å². The molecule has 0 fully saturated rings. The molecule has 11 heavy (non-hydrogen) atoms. The minimum absolute atomic E-state index is 0.767. The Hall–Kier alpha value is -1.05. The molecule has 0 N–H and O–H groups in total. The molecule has 0 aliphatic carbocycles. The molecular formula is C9H13NO. The SMILES string of the molecule is C=CC1=C(C(C)=NC)OCC1. The lowest BCUT2D eigenvalue weighted by Gasteiger charge is -2.01. The summed E-state index contributed by atoms with van der Waals surface area (Å²) in [5, 5.41) is 0. The fraction of sp³-hybridized carbons (Fsp3) is 0.444. The number of allylic oxidation sites excluding steroid dienone is 2. The van der Waals surface area contributed by atoms with Crippen molar-refractivity contribution < 1.29 is 4.74 Å². The molecule has 0 aromatic carbocycles. The molecule has 0 radical (unpaired) electrons. The second-order valence-corrected chi connectivity index (χ2v) is 2.47. The first-order valence-electron chi connectivity index (χ1n) is 3.71. The summed E-state index contributed by atoms with van der Waals surface area (Å²) < 4.78 is 5.39. The van der Waals surface area contributed by atoms with E-state index < -0.39 is 0 Å². The van der Waals surface area contributed by atoms with Crippen LogP contribution in [0.5, 0.6) is 0 Å². The van der Waals surface area contributed by atoms with E-state index >= 15 is 0 Å². The first-order chi connectivity index (χ1) is 5.29. The van der Waals surface area contributed by atoms with E-state index in [4.69, 9.17) is 4.74 Å². The van der Waals surface area contributed by atoms with Gasteiger partial charge in [0.25, 0.3) is 0 Å². The van der Waals surface area contributed by atoms with E-state index in [0.717, 1.165) is 24.5 Å². The monoisotopic (exact) mass is 151 g/mol. The van der Waals surface area contributed by atoms with Crippen molar-refractivity contribution >= 4 is 5.71 Å². The highest BCUT2D eigenvalue weighted by Gasteiger charge is 2.14. The van der Waals surface area contributed by atoms with Gasteiger partial charge in [-0.15, -0.1) is 0 Å². The van der Waals surface area contributed by atoms with Crippen LogP contribution in [0.25, 0.3) is 0 Å². The van der Waals surface area contributed by atoms with Gasteiger partial charge in [0.2, 0.25) is 0 Å². The van der Waals surface area contributed by atoms with Crippen molar-refractivity contribution in [2.24, 2.45) is 4.99 Å². The molecule has 2 heteroatoms. The summed E-state index contributed by atoms with van der Waals surface area (Å²) in [7, 11) is 1.77. The first-order valence-corrected chi connectivity index (χ1v) is 3.71. The Labute approximate surface area is 67.3 Å². The van der Waals surface area contributed by atoms with Gasteiger partial charge >= 0.3 is 0 Å². The summed E-state index contributed by atoms with van der Waals surface area (Å²) in [5.41, 5.74) is 2.13. The van der Waals surface area contributed by atoms with Crippen molar-refractivity contribution in [2.75, 3.05) is 13.7 Å². The van der Waals surface area contributed by atoms with Crippen LogP contribution in [-0.4, -0.2) is 19.4 Å². The largest absolute Gasteiger partial charge is 0.491 e. The molecule has 0 saturated carbocycles. The van der Waals surface area contributed by atoms with Gasteiger partial charge in [0.1, 0.15) is 5.76 Å². The van der Waals surface area contributed by atoms with Gasteiger partial charge in [-0.2, -0.15) is 0 Å². The van der Waals surface area contributed by atoms with Gasteiger partial charge in [0.15, 0.2) is 0 Å².